The zero-order chi connectivity index (χ0) is 12.0. The summed E-state index contributed by atoms with van der Waals surface area (Å²) in [7, 11) is 1.63. The van der Waals surface area contributed by atoms with E-state index in [0.717, 1.165) is 11.3 Å². The van der Waals surface area contributed by atoms with Gasteiger partial charge in [0.05, 0.1) is 20.1 Å². The van der Waals surface area contributed by atoms with Crippen molar-refractivity contribution in [2.75, 3.05) is 13.7 Å². The van der Waals surface area contributed by atoms with Crippen LogP contribution >= 0.6 is 0 Å². The Morgan fingerprint density at radius 2 is 2.19 bits per heavy atom. The number of methoxy groups -OCH3 is 1. The van der Waals surface area contributed by atoms with Gasteiger partial charge in [0.1, 0.15) is 5.75 Å². The molecule has 0 radical (unpaired) electrons. The molecule has 0 amide bonds. The zero-order valence-electron chi connectivity index (χ0n) is 10.0. The van der Waals surface area contributed by atoms with E-state index in [1.54, 1.807) is 7.11 Å². The average Bonchev–Trinajstić information content (AvgIpc) is 2.29. The third kappa shape index (κ3) is 3.57. The van der Waals surface area contributed by atoms with Gasteiger partial charge in [-0.25, -0.2) is 0 Å². The highest BCUT2D eigenvalue weighted by Crippen LogP contribution is 2.23. The first-order valence-electron chi connectivity index (χ1n) is 5.47. The zero-order valence-corrected chi connectivity index (χ0v) is 10.0. The van der Waals surface area contributed by atoms with Gasteiger partial charge in [0.2, 0.25) is 0 Å². The van der Waals surface area contributed by atoms with Gasteiger partial charge in [0, 0.05) is 0 Å². The van der Waals surface area contributed by atoms with Crippen molar-refractivity contribution >= 4 is 5.97 Å². The second kappa shape index (κ2) is 6.16. The van der Waals surface area contributed by atoms with Gasteiger partial charge in [-0.3, -0.25) is 4.79 Å². The van der Waals surface area contributed by atoms with Gasteiger partial charge in [-0.05, 0) is 30.5 Å². The molecule has 0 aromatic heterocycles. The number of ether oxygens (including phenoxy) is 2. The van der Waals surface area contributed by atoms with Crippen LogP contribution in [-0.2, 0) is 9.53 Å². The Kier molecular flexibility index (Phi) is 4.83. The maximum absolute atomic E-state index is 11.3. The highest BCUT2D eigenvalue weighted by molar-refractivity contribution is 5.70. The Morgan fingerprint density at radius 3 is 2.81 bits per heavy atom. The van der Waals surface area contributed by atoms with Crippen LogP contribution in [0, 0.1) is 0 Å². The summed E-state index contributed by atoms with van der Waals surface area (Å²) in [5.74, 6) is 0.806. The summed E-state index contributed by atoms with van der Waals surface area (Å²) in [6, 6.07) is 7.76. The fourth-order valence-electron chi connectivity index (χ4n) is 1.54. The Bertz CT molecular complexity index is 347. The number of carbonyl (C=O) groups is 1. The summed E-state index contributed by atoms with van der Waals surface area (Å²) in [5.41, 5.74) is 1.09. The van der Waals surface area contributed by atoms with E-state index in [1.165, 1.54) is 0 Å². The molecule has 0 spiro atoms. The summed E-state index contributed by atoms with van der Waals surface area (Å²) in [4.78, 5) is 11.3. The average molecular weight is 222 g/mol. The van der Waals surface area contributed by atoms with Crippen molar-refractivity contribution in [1.29, 1.82) is 0 Å². The van der Waals surface area contributed by atoms with Crippen molar-refractivity contribution in [3.8, 4) is 5.75 Å². The van der Waals surface area contributed by atoms with E-state index in [2.05, 4.69) is 0 Å². The molecule has 1 unspecified atom stereocenters. The number of carbonyl (C=O) groups excluding carboxylic acids is 1. The largest absolute Gasteiger partial charge is 0.497 e. The molecule has 0 bridgehead atoms. The summed E-state index contributed by atoms with van der Waals surface area (Å²) in [6.07, 6.45) is 0.404. The standard InChI is InChI=1S/C13H18O3/c1-4-16-13(14)8-10(2)11-6-5-7-12(9-11)15-3/h5-7,9-10H,4,8H2,1-3H3. The molecule has 16 heavy (non-hydrogen) atoms. The summed E-state index contributed by atoms with van der Waals surface area (Å²) in [6.45, 7) is 4.25. The molecule has 88 valence electrons. The van der Waals surface area contributed by atoms with Gasteiger partial charge in [-0.15, -0.1) is 0 Å². The summed E-state index contributed by atoms with van der Waals surface area (Å²) in [5, 5.41) is 0. The molecular weight excluding hydrogens is 204 g/mol. The van der Waals surface area contributed by atoms with Crippen LogP contribution < -0.4 is 4.74 Å². The van der Waals surface area contributed by atoms with Crippen molar-refractivity contribution < 1.29 is 14.3 Å². The molecule has 1 aromatic rings. The van der Waals surface area contributed by atoms with Crippen molar-refractivity contribution in [3.63, 3.8) is 0 Å². The SMILES string of the molecule is CCOC(=O)CC(C)c1cccc(OC)c1. The molecule has 1 rings (SSSR count). The molecule has 1 atom stereocenters. The minimum atomic E-state index is -0.155. The Balaban J connectivity index is 2.64. The van der Waals surface area contributed by atoms with E-state index in [4.69, 9.17) is 9.47 Å². The molecule has 0 saturated carbocycles. The quantitative estimate of drug-likeness (QED) is 0.719. The van der Waals surface area contributed by atoms with Gasteiger partial charge < -0.3 is 9.47 Å². The highest BCUT2D eigenvalue weighted by Gasteiger charge is 2.12. The lowest BCUT2D eigenvalue weighted by molar-refractivity contribution is -0.143. The number of hydrogen-bond donors (Lipinski definition) is 0. The topological polar surface area (TPSA) is 35.5 Å². The van der Waals surface area contributed by atoms with Crippen LogP contribution in [0.1, 0.15) is 31.7 Å². The fourth-order valence-corrected chi connectivity index (χ4v) is 1.54. The predicted molar refractivity (Wildman–Crippen MR) is 62.7 cm³/mol. The maximum atomic E-state index is 11.3. The van der Waals surface area contributed by atoms with Crippen LogP contribution in [0.5, 0.6) is 5.75 Å². The molecule has 0 saturated heterocycles. The van der Waals surface area contributed by atoms with Crippen LogP contribution in [0.4, 0.5) is 0 Å². The summed E-state index contributed by atoms with van der Waals surface area (Å²) >= 11 is 0. The summed E-state index contributed by atoms with van der Waals surface area (Å²) < 4.78 is 10.1. The molecule has 1 aromatic carbocycles. The Morgan fingerprint density at radius 1 is 1.44 bits per heavy atom. The Labute approximate surface area is 96.4 Å². The fraction of sp³-hybridized carbons (Fsp3) is 0.462. The van der Waals surface area contributed by atoms with Crippen LogP contribution in [-0.4, -0.2) is 19.7 Å². The number of esters is 1. The van der Waals surface area contributed by atoms with Gasteiger partial charge >= 0.3 is 5.97 Å². The third-order valence-electron chi connectivity index (χ3n) is 2.44. The number of rotatable bonds is 5. The van der Waals surface area contributed by atoms with Crippen LogP contribution in [0.3, 0.4) is 0 Å². The molecule has 3 nitrogen and oxygen atoms in total. The van der Waals surface area contributed by atoms with Gasteiger partial charge in [-0.1, -0.05) is 19.1 Å². The minimum Gasteiger partial charge on any atom is -0.497 e. The highest BCUT2D eigenvalue weighted by atomic mass is 16.5. The Hall–Kier alpha value is -1.51. The normalized spacial score (nSPS) is 11.9. The van der Waals surface area contributed by atoms with E-state index in [1.807, 2.05) is 38.1 Å². The van der Waals surface area contributed by atoms with Crippen molar-refractivity contribution in [1.82, 2.24) is 0 Å². The lowest BCUT2D eigenvalue weighted by Crippen LogP contribution is -2.08. The monoisotopic (exact) mass is 222 g/mol. The van der Waals surface area contributed by atoms with E-state index in [0.29, 0.717) is 13.0 Å². The first-order valence-corrected chi connectivity index (χ1v) is 5.47. The lowest BCUT2D eigenvalue weighted by Gasteiger charge is -2.12. The minimum absolute atomic E-state index is 0.147. The number of benzene rings is 1. The molecule has 0 heterocycles. The van der Waals surface area contributed by atoms with E-state index in [-0.39, 0.29) is 11.9 Å². The smallest absolute Gasteiger partial charge is 0.306 e. The second-order valence-electron chi connectivity index (χ2n) is 3.69. The molecule has 0 fully saturated rings. The first-order chi connectivity index (χ1) is 7.67. The lowest BCUT2D eigenvalue weighted by atomic mass is 9.98. The maximum Gasteiger partial charge on any atom is 0.306 e. The first kappa shape index (κ1) is 12.6. The van der Waals surface area contributed by atoms with E-state index in [9.17, 15) is 4.79 Å². The second-order valence-corrected chi connectivity index (χ2v) is 3.69. The van der Waals surface area contributed by atoms with Crippen molar-refractivity contribution in [2.45, 2.75) is 26.2 Å². The van der Waals surface area contributed by atoms with Crippen LogP contribution in [0.15, 0.2) is 24.3 Å². The molecule has 0 aliphatic rings. The number of hydrogen-bond acceptors (Lipinski definition) is 3. The predicted octanol–water partition coefficient (Wildman–Crippen LogP) is 2.75. The van der Waals surface area contributed by atoms with Gasteiger partial charge in [0.15, 0.2) is 0 Å². The molecule has 0 aliphatic heterocycles. The third-order valence-corrected chi connectivity index (χ3v) is 2.44. The molecule has 3 heteroatoms. The van der Waals surface area contributed by atoms with E-state index >= 15 is 0 Å². The van der Waals surface area contributed by atoms with Crippen LogP contribution in [0.25, 0.3) is 0 Å². The van der Waals surface area contributed by atoms with Gasteiger partial charge in [0.25, 0.3) is 0 Å². The van der Waals surface area contributed by atoms with Crippen molar-refractivity contribution in [2.24, 2.45) is 0 Å². The molecule has 0 aliphatic carbocycles. The molecule has 0 N–H and O–H groups in total. The van der Waals surface area contributed by atoms with Crippen LogP contribution in [0.2, 0.25) is 0 Å². The van der Waals surface area contributed by atoms with Gasteiger partial charge in [-0.2, -0.15) is 0 Å². The molecular formula is C13H18O3. The van der Waals surface area contributed by atoms with Crippen molar-refractivity contribution in [3.05, 3.63) is 29.8 Å². The van der Waals surface area contributed by atoms with E-state index < -0.39 is 0 Å².